The lowest BCUT2D eigenvalue weighted by Gasteiger charge is -2.43. The third kappa shape index (κ3) is 3.26. The van der Waals surface area contributed by atoms with Crippen LogP contribution in [0.15, 0.2) is 0 Å². The van der Waals surface area contributed by atoms with Crippen molar-refractivity contribution in [2.75, 3.05) is 42.8 Å². The lowest BCUT2D eigenvalue weighted by Crippen LogP contribution is -2.54. The van der Waals surface area contributed by atoms with Gasteiger partial charge in [-0.3, -0.25) is 0 Å². The molecule has 0 spiro atoms. The predicted octanol–water partition coefficient (Wildman–Crippen LogP) is 1.41. The molecule has 2 atom stereocenters. The highest BCUT2D eigenvalue weighted by Gasteiger charge is 2.34. The van der Waals surface area contributed by atoms with E-state index >= 15 is 0 Å². The van der Waals surface area contributed by atoms with Gasteiger partial charge in [0.2, 0.25) is 11.9 Å². The minimum absolute atomic E-state index is 0.119. The molecule has 2 saturated heterocycles. The minimum atomic E-state index is -0.119. The first-order chi connectivity index (χ1) is 10.9. The van der Waals surface area contributed by atoms with E-state index in [1.54, 1.807) is 0 Å². The minimum Gasteiger partial charge on any atom is -0.377 e. The molecule has 0 aliphatic carbocycles. The van der Waals surface area contributed by atoms with Gasteiger partial charge in [0.05, 0.1) is 44.1 Å². The first-order valence-electron chi connectivity index (χ1n) is 8.32. The number of aromatic nitrogens is 3. The lowest BCUT2D eigenvalue weighted by molar-refractivity contribution is 0.0631. The Kier molecular flexibility index (Phi) is 4.42. The van der Waals surface area contributed by atoms with Gasteiger partial charge in [-0.05, 0) is 34.6 Å². The summed E-state index contributed by atoms with van der Waals surface area (Å²) in [5.74, 6) is 2.24. The molecular weight excluding hydrogens is 294 g/mol. The zero-order chi connectivity index (χ0) is 16.6. The molecule has 128 valence electrons. The van der Waals surface area contributed by atoms with Gasteiger partial charge in [-0.25, -0.2) is 0 Å². The largest absolute Gasteiger partial charge is 0.377 e. The Balaban J connectivity index is 1.96. The molecule has 3 rings (SSSR count). The Morgan fingerprint density at radius 3 is 2.30 bits per heavy atom. The van der Waals surface area contributed by atoms with E-state index in [0.29, 0.717) is 26.4 Å². The van der Waals surface area contributed by atoms with Crippen molar-refractivity contribution >= 4 is 11.9 Å². The van der Waals surface area contributed by atoms with Crippen molar-refractivity contribution in [3.05, 3.63) is 5.82 Å². The molecule has 1 aromatic heterocycles. The summed E-state index contributed by atoms with van der Waals surface area (Å²) in [5.41, 5.74) is -0.119. The molecule has 0 bridgehead atoms. The molecular formula is C16H27N5O2. The average molecular weight is 321 g/mol. The summed E-state index contributed by atoms with van der Waals surface area (Å²) in [6.07, 6.45) is 0. The molecule has 7 nitrogen and oxygen atoms in total. The van der Waals surface area contributed by atoms with Crippen molar-refractivity contribution in [1.82, 2.24) is 15.0 Å². The first-order valence-corrected chi connectivity index (χ1v) is 8.32. The summed E-state index contributed by atoms with van der Waals surface area (Å²) in [7, 11) is 0. The Labute approximate surface area is 138 Å². The number of aryl methyl sites for hydroxylation is 1. The van der Waals surface area contributed by atoms with Crippen LogP contribution >= 0.6 is 0 Å². The normalized spacial score (nSPS) is 28.0. The summed E-state index contributed by atoms with van der Waals surface area (Å²) < 4.78 is 11.2. The molecule has 0 aromatic carbocycles. The number of hydrogen-bond acceptors (Lipinski definition) is 7. The zero-order valence-corrected chi connectivity index (χ0v) is 14.7. The van der Waals surface area contributed by atoms with Gasteiger partial charge in [-0.2, -0.15) is 15.0 Å². The van der Waals surface area contributed by atoms with E-state index in [9.17, 15) is 0 Å². The van der Waals surface area contributed by atoms with Crippen LogP contribution in [-0.2, 0) is 9.47 Å². The maximum absolute atomic E-state index is 5.62. The monoisotopic (exact) mass is 321 g/mol. The lowest BCUT2D eigenvalue weighted by atomic mass is 10.0. The van der Waals surface area contributed by atoms with E-state index in [2.05, 4.69) is 47.5 Å². The molecule has 3 heterocycles. The first kappa shape index (κ1) is 16.4. The molecule has 0 N–H and O–H groups in total. The van der Waals surface area contributed by atoms with Gasteiger partial charge in [-0.1, -0.05) is 0 Å². The quantitative estimate of drug-likeness (QED) is 0.816. The van der Waals surface area contributed by atoms with Crippen molar-refractivity contribution in [3.8, 4) is 0 Å². The SMILES string of the molecule is Cc1nc(N2[C@H](C)COC[C@@H]2C)nc(N2CCOCC2(C)C)n1. The maximum Gasteiger partial charge on any atom is 0.231 e. The molecule has 0 saturated carbocycles. The van der Waals surface area contributed by atoms with Gasteiger partial charge < -0.3 is 19.3 Å². The number of ether oxygens (including phenoxy) is 2. The molecule has 0 radical (unpaired) electrons. The average Bonchev–Trinajstić information content (AvgIpc) is 2.46. The molecule has 2 fully saturated rings. The highest BCUT2D eigenvalue weighted by atomic mass is 16.5. The van der Waals surface area contributed by atoms with Crippen molar-refractivity contribution in [2.24, 2.45) is 0 Å². The van der Waals surface area contributed by atoms with Crippen molar-refractivity contribution < 1.29 is 9.47 Å². The van der Waals surface area contributed by atoms with Crippen molar-refractivity contribution in [2.45, 2.75) is 52.2 Å². The van der Waals surface area contributed by atoms with Crippen LogP contribution in [0.2, 0.25) is 0 Å². The van der Waals surface area contributed by atoms with E-state index in [-0.39, 0.29) is 17.6 Å². The van der Waals surface area contributed by atoms with E-state index in [1.807, 2.05) is 6.92 Å². The summed E-state index contributed by atoms with van der Waals surface area (Å²) in [6.45, 7) is 14.1. The van der Waals surface area contributed by atoms with Gasteiger partial charge in [0.15, 0.2) is 0 Å². The van der Waals surface area contributed by atoms with Crippen LogP contribution in [-0.4, -0.2) is 65.5 Å². The smallest absolute Gasteiger partial charge is 0.231 e. The van der Waals surface area contributed by atoms with Gasteiger partial charge in [0.25, 0.3) is 0 Å². The van der Waals surface area contributed by atoms with E-state index in [0.717, 1.165) is 24.3 Å². The Hall–Kier alpha value is -1.47. The van der Waals surface area contributed by atoms with Crippen LogP contribution in [0.4, 0.5) is 11.9 Å². The fourth-order valence-electron chi connectivity index (χ4n) is 3.32. The number of morpholine rings is 2. The fourth-order valence-corrected chi connectivity index (χ4v) is 3.32. The second kappa shape index (κ2) is 6.20. The van der Waals surface area contributed by atoms with Crippen LogP contribution in [0.5, 0.6) is 0 Å². The third-order valence-electron chi connectivity index (χ3n) is 4.51. The van der Waals surface area contributed by atoms with E-state index < -0.39 is 0 Å². The van der Waals surface area contributed by atoms with Crippen molar-refractivity contribution in [1.29, 1.82) is 0 Å². The molecule has 2 aliphatic heterocycles. The Morgan fingerprint density at radius 2 is 1.65 bits per heavy atom. The molecule has 2 aliphatic rings. The topological polar surface area (TPSA) is 63.6 Å². The van der Waals surface area contributed by atoms with Gasteiger partial charge in [-0.15, -0.1) is 0 Å². The van der Waals surface area contributed by atoms with Gasteiger partial charge in [0, 0.05) is 6.54 Å². The van der Waals surface area contributed by atoms with E-state index in [1.165, 1.54) is 0 Å². The van der Waals surface area contributed by atoms with Crippen LogP contribution < -0.4 is 9.80 Å². The summed E-state index contributed by atoms with van der Waals surface area (Å²) in [6, 6.07) is 0.511. The standard InChI is InChI=1S/C16H27N5O2/c1-11-8-23-9-12(2)21(11)15-18-13(3)17-14(19-15)20-6-7-22-10-16(20,4)5/h11-12H,6-10H2,1-5H3/t11-,12+. The number of anilines is 2. The second-order valence-corrected chi connectivity index (χ2v) is 7.14. The van der Waals surface area contributed by atoms with Crippen LogP contribution in [0, 0.1) is 6.92 Å². The Bertz CT molecular complexity index is 535. The molecule has 23 heavy (non-hydrogen) atoms. The maximum atomic E-state index is 5.62. The highest BCUT2D eigenvalue weighted by molar-refractivity contribution is 5.43. The number of rotatable bonds is 2. The highest BCUT2D eigenvalue weighted by Crippen LogP contribution is 2.27. The Morgan fingerprint density at radius 1 is 1.00 bits per heavy atom. The molecule has 0 amide bonds. The van der Waals surface area contributed by atoms with Gasteiger partial charge >= 0.3 is 0 Å². The number of hydrogen-bond donors (Lipinski definition) is 0. The summed E-state index contributed by atoms with van der Waals surface area (Å²) >= 11 is 0. The van der Waals surface area contributed by atoms with Gasteiger partial charge in [0.1, 0.15) is 5.82 Å². The third-order valence-corrected chi connectivity index (χ3v) is 4.51. The molecule has 0 unspecified atom stereocenters. The van der Waals surface area contributed by atoms with E-state index in [4.69, 9.17) is 14.5 Å². The fraction of sp³-hybridized carbons (Fsp3) is 0.812. The van der Waals surface area contributed by atoms with Crippen molar-refractivity contribution in [3.63, 3.8) is 0 Å². The summed E-state index contributed by atoms with van der Waals surface area (Å²) in [5, 5.41) is 0. The van der Waals surface area contributed by atoms with Crippen LogP contribution in [0.3, 0.4) is 0 Å². The predicted molar refractivity (Wildman–Crippen MR) is 89.0 cm³/mol. The molecule has 1 aromatic rings. The van der Waals surface area contributed by atoms with Crippen LogP contribution in [0.25, 0.3) is 0 Å². The zero-order valence-electron chi connectivity index (χ0n) is 14.7. The summed E-state index contributed by atoms with van der Waals surface area (Å²) in [4.78, 5) is 18.4. The second-order valence-electron chi connectivity index (χ2n) is 7.14. The van der Waals surface area contributed by atoms with Crippen LogP contribution in [0.1, 0.15) is 33.5 Å². The number of nitrogens with zero attached hydrogens (tertiary/aromatic N) is 5. The molecule has 7 heteroatoms.